The number of hydrogen-bond acceptors (Lipinski definition) is 6. The molecule has 7 atom stereocenters. The van der Waals surface area contributed by atoms with Crippen molar-refractivity contribution in [3.8, 4) is 0 Å². The molecule has 0 aromatic rings. The summed E-state index contributed by atoms with van der Waals surface area (Å²) in [6.07, 6.45) is 7.61. The molecule has 162 valence electrons. The Kier molecular flexibility index (Phi) is 5.51. The molecule has 4 saturated carbocycles. The zero-order valence-corrected chi connectivity index (χ0v) is 18.1. The minimum absolute atomic E-state index is 0.100. The molecule has 4 aliphatic rings. The quantitative estimate of drug-likeness (QED) is 0.440. The molecule has 6 heteroatoms. The number of ketones is 1. The van der Waals surface area contributed by atoms with Gasteiger partial charge < -0.3 is 15.3 Å². The number of carbonyl (C=O) groups is 2. The van der Waals surface area contributed by atoms with E-state index in [1.54, 1.807) is 0 Å². The van der Waals surface area contributed by atoms with Crippen LogP contribution in [0.1, 0.15) is 72.1 Å². The maximum atomic E-state index is 12.6. The molecule has 4 aliphatic carbocycles. The van der Waals surface area contributed by atoms with Crippen molar-refractivity contribution in [3.05, 3.63) is 0 Å². The van der Waals surface area contributed by atoms with Gasteiger partial charge in [0.25, 0.3) is 0 Å². The number of oxime groups is 1. The van der Waals surface area contributed by atoms with Gasteiger partial charge in [-0.05, 0) is 68.1 Å². The van der Waals surface area contributed by atoms with E-state index in [9.17, 15) is 9.59 Å². The van der Waals surface area contributed by atoms with Gasteiger partial charge in [0.15, 0.2) is 0 Å². The Balaban J connectivity index is 1.61. The fraction of sp³-hybridized carbons (Fsp3) is 0.870. The van der Waals surface area contributed by atoms with Crippen LogP contribution in [0.15, 0.2) is 5.16 Å². The van der Waals surface area contributed by atoms with E-state index in [2.05, 4.69) is 19.0 Å². The van der Waals surface area contributed by atoms with E-state index in [1.165, 1.54) is 6.92 Å². The topological polar surface area (TPSA) is 91.0 Å². The van der Waals surface area contributed by atoms with Gasteiger partial charge in [-0.25, -0.2) is 0 Å². The third kappa shape index (κ3) is 3.31. The van der Waals surface area contributed by atoms with Crippen molar-refractivity contribution in [3.63, 3.8) is 0 Å². The van der Waals surface area contributed by atoms with Crippen molar-refractivity contribution >= 4 is 17.5 Å². The van der Waals surface area contributed by atoms with Crippen LogP contribution >= 0.6 is 0 Å². The molecular formula is C23H36N2O4. The first-order valence-electron chi connectivity index (χ1n) is 11.4. The van der Waals surface area contributed by atoms with E-state index in [0.29, 0.717) is 36.7 Å². The average molecular weight is 405 g/mol. The minimum atomic E-state index is -0.302. The third-order valence-corrected chi connectivity index (χ3v) is 8.95. The molecule has 4 fully saturated rings. The highest BCUT2D eigenvalue weighted by molar-refractivity contribution is 5.91. The number of rotatable bonds is 4. The van der Waals surface area contributed by atoms with E-state index < -0.39 is 0 Å². The van der Waals surface area contributed by atoms with E-state index in [4.69, 9.17) is 15.3 Å². The number of ether oxygens (including phenoxy) is 1. The number of hydrogen-bond donors (Lipinski definition) is 1. The van der Waals surface area contributed by atoms with E-state index in [1.807, 2.05) is 0 Å². The van der Waals surface area contributed by atoms with Gasteiger partial charge in [-0.2, -0.15) is 0 Å². The number of esters is 1. The van der Waals surface area contributed by atoms with Crippen molar-refractivity contribution < 1.29 is 19.2 Å². The van der Waals surface area contributed by atoms with Crippen molar-refractivity contribution in [2.45, 2.75) is 78.2 Å². The molecule has 2 unspecified atom stereocenters. The first-order valence-corrected chi connectivity index (χ1v) is 11.4. The zero-order chi connectivity index (χ0) is 20.8. The number of nitrogens with two attached hydrogens (primary N) is 1. The highest BCUT2D eigenvalue weighted by atomic mass is 16.6. The highest BCUT2D eigenvalue weighted by Crippen LogP contribution is 2.65. The van der Waals surface area contributed by atoms with E-state index in [0.717, 1.165) is 57.1 Å². The highest BCUT2D eigenvalue weighted by Gasteiger charge is 2.62. The van der Waals surface area contributed by atoms with Crippen LogP contribution in [0.3, 0.4) is 0 Å². The Morgan fingerprint density at radius 2 is 1.90 bits per heavy atom. The van der Waals surface area contributed by atoms with Gasteiger partial charge in [-0.1, -0.05) is 19.0 Å². The summed E-state index contributed by atoms with van der Waals surface area (Å²) in [5, 5.41) is 4.32. The summed E-state index contributed by atoms with van der Waals surface area (Å²) in [7, 11) is 0. The lowest BCUT2D eigenvalue weighted by Crippen LogP contribution is -2.58. The number of fused-ring (bicyclic) bond motifs is 5. The molecule has 0 aliphatic heterocycles. The van der Waals surface area contributed by atoms with Gasteiger partial charge in [-0.15, -0.1) is 0 Å². The Hall–Kier alpha value is -1.43. The third-order valence-electron chi connectivity index (χ3n) is 8.95. The molecule has 0 saturated heterocycles. The summed E-state index contributed by atoms with van der Waals surface area (Å²) in [6, 6.07) is 0. The summed E-state index contributed by atoms with van der Waals surface area (Å²) < 4.78 is 5.84. The largest absolute Gasteiger partial charge is 0.456 e. The smallest absolute Gasteiger partial charge is 0.303 e. The Bertz CT molecular complexity index is 707. The molecule has 0 amide bonds. The summed E-state index contributed by atoms with van der Waals surface area (Å²) in [5.74, 6) is 2.23. The molecule has 0 aromatic carbocycles. The summed E-state index contributed by atoms with van der Waals surface area (Å²) >= 11 is 0. The zero-order valence-electron chi connectivity index (χ0n) is 18.1. The number of nitrogens with zero attached hydrogens (tertiary/aromatic N) is 1. The molecule has 0 spiro atoms. The maximum Gasteiger partial charge on any atom is 0.303 e. The summed E-state index contributed by atoms with van der Waals surface area (Å²) in [5.41, 5.74) is 6.39. The average Bonchev–Trinajstić information content (AvgIpc) is 2.98. The minimum Gasteiger partial charge on any atom is -0.456 e. The fourth-order valence-electron chi connectivity index (χ4n) is 7.50. The second kappa shape index (κ2) is 7.68. The van der Waals surface area contributed by atoms with Crippen LogP contribution in [0, 0.1) is 34.5 Å². The molecule has 0 radical (unpaired) electrons. The van der Waals surface area contributed by atoms with Gasteiger partial charge in [0.1, 0.15) is 18.5 Å². The summed E-state index contributed by atoms with van der Waals surface area (Å²) in [6.45, 7) is 6.89. The lowest BCUT2D eigenvalue weighted by atomic mass is 9.45. The lowest BCUT2D eigenvalue weighted by molar-refractivity contribution is -0.161. The molecule has 0 heterocycles. The predicted octanol–water partition coefficient (Wildman–Crippen LogP) is 3.47. The standard InChI is InChI=1S/C23H36N2O4/c1-14(26)29-21-18-5-4-15-16-6-7-20(27)23(16,3)10-8-17(15)22(18,2)11-9-19(21)25-28-13-12-24/h15-18,21H,4-13,24H2,1-3H3/b25-19+/t15-,16-,17+,18?,21?,22+,23-/m0/s1. The molecular weight excluding hydrogens is 368 g/mol. The van der Waals surface area contributed by atoms with Gasteiger partial charge in [0.05, 0.1) is 5.71 Å². The maximum absolute atomic E-state index is 12.6. The first kappa shape index (κ1) is 20.8. The van der Waals surface area contributed by atoms with E-state index >= 15 is 0 Å². The lowest BCUT2D eigenvalue weighted by Gasteiger charge is -2.60. The van der Waals surface area contributed by atoms with Crippen LogP contribution < -0.4 is 5.73 Å². The fourth-order valence-corrected chi connectivity index (χ4v) is 7.50. The predicted molar refractivity (Wildman–Crippen MR) is 110 cm³/mol. The molecule has 29 heavy (non-hydrogen) atoms. The Morgan fingerprint density at radius 3 is 2.62 bits per heavy atom. The Labute approximate surface area is 173 Å². The van der Waals surface area contributed by atoms with Crippen LogP contribution in [0.2, 0.25) is 0 Å². The number of carbonyl (C=O) groups excluding carboxylic acids is 2. The van der Waals surface area contributed by atoms with Crippen molar-refractivity contribution in [2.75, 3.05) is 13.2 Å². The monoisotopic (exact) mass is 404 g/mol. The van der Waals surface area contributed by atoms with Gasteiger partial charge in [0.2, 0.25) is 0 Å². The van der Waals surface area contributed by atoms with Crippen molar-refractivity contribution in [1.82, 2.24) is 0 Å². The molecule has 0 aromatic heterocycles. The van der Waals surface area contributed by atoms with Gasteiger partial charge in [-0.3, -0.25) is 9.59 Å². The number of Topliss-reactive ketones (excluding diaryl/α,β-unsaturated/α-hetero) is 1. The van der Waals surface area contributed by atoms with Crippen LogP contribution in [0.4, 0.5) is 0 Å². The molecule has 2 N–H and O–H groups in total. The van der Waals surface area contributed by atoms with Gasteiger partial charge >= 0.3 is 5.97 Å². The molecule has 0 bridgehead atoms. The summed E-state index contributed by atoms with van der Waals surface area (Å²) in [4.78, 5) is 29.9. The molecule has 4 rings (SSSR count). The van der Waals surface area contributed by atoms with Crippen LogP contribution in [-0.2, 0) is 19.2 Å². The SMILES string of the molecule is CC(=O)OC1/C(=N/OCCN)CC[C@@]2(C)C1CC[C@@H]1[C@H]2CC[C@]2(C)C(=O)CC[C@@H]12. The van der Waals surface area contributed by atoms with Gasteiger partial charge in [0, 0.05) is 31.2 Å². The first-order chi connectivity index (χ1) is 13.8. The normalized spacial score (nSPS) is 45.3. The second-order valence-corrected chi connectivity index (χ2v) is 10.2. The second-order valence-electron chi connectivity index (χ2n) is 10.2. The van der Waals surface area contributed by atoms with Crippen LogP contribution in [0.5, 0.6) is 0 Å². The van der Waals surface area contributed by atoms with E-state index in [-0.39, 0.29) is 28.8 Å². The molecule has 6 nitrogen and oxygen atoms in total. The van der Waals surface area contributed by atoms with Crippen LogP contribution in [-0.4, -0.2) is 36.7 Å². The van der Waals surface area contributed by atoms with Crippen molar-refractivity contribution in [2.24, 2.45) is 45.4 Å². The Morgan fingerprint density at radius 1 is 1.10 bits per heavy atom. The van der Waals surface area contributed by atoms with Crippen LogP contribution in [0.25, 0.3) is 0 Å². The van der Waals surface area contributed by atoms with Crippen molar-refractivity contribution in [1.29, 1.82) is 0 Å².